The number of rotatable bonds is 6. The molecule has 1 saturated heterocycles. The lowest BCUT2D eigenvalue weighted by Gasteiger charge is -2.30. The van der Waals surface area contributed by atoms with Gasteiger partial charge < -0.3 is 25.0 Å². The molecule has 50 heavy (non-hydrogen) atoms. The summed E-state index contributed by atoms with van der Waals surface area (Å²) in [7, 11) is -3.52. The molecule has 274 valence electrons. The Labute approximate surface area is 292 Å². The predicted molar refractivity (Wildman–Crippen MR) is 180 cm³/mol. The maximum absolute atomic E-state index is 14.4. The number of carbonyl (C=O) groups is 4. The average Bonchev–Trinajstić information content (AvgIpc) is 3.91. The van der Waals surface area contributed by atoms with Crippen molar-refractivity contribution in [3.63, 3.8) is 0 Å². The highest BCUT2D eigenvalue weighted by molar-refractivity contribution is 7.90. The minimum atomic E-state index is -3.52. The topological polar surface area (TPSA) is 163 Å². The molecule has 2 saturated carbocycles. The van der Waals surface area contributed by atoms with E-state index in [0.717, 1.165) is 19.3 Å². The number of benzene rings is 1. The lowest BCUT2D eigenvalue weighted by molar-refractivity contribution is -0.140. The number of fused-ring (bicyclic) bond motifs is 3. The van der Waals surface area contributed by atoms with Crippen LogP contribution in [0.15, 0.2) is 30.4 Å². The summed E-state index contributed by atoms with van der Waals surface area (Å²) in [5, 5.41) is 5.37. The number of amides is 4. The third kappa shape index (κ3) is 8.42. The molecule has 3 aliphatic heterocycles. The number of carbonyl (C=O) groups excluding carboxylic acids is 4. The summed E-state index contributed by atoms with van der Waals surface area (Å²) in [6.07, 6.45) is 6.84. The number of alkyl carbamates (subject to hydrolysis) is 1. The Kier molecular flexibility index (Phi) is 10.2. The Balaban J connectivity index is 1.23. The van der Waals surface area contributed by atoms with Gasteiger partial charge in [-0.25, -0.2) is 27.1 Å². The maximum atomic E-state index is 14.4. The summed E-state index contributed by atoms with van der Waals surface area (Å²) in [4.78, 5) is 57.4. The van der Waals surface area contributed by atoms with Crippen molar-refractivity contribution >= 4 is 34.0 Å². The van der Waals surface area contributed by atoms with Crippen LogP contribution in [0.5, 0.6) is 0 Å². The van der Waals surface area contributed by atoms with Gasteiger partial charge in [-0.1, -0.05) is 37.1 Å². The van der Waals surface area contributed by atoms with Crippen LogP contribution in [-0.2, 0) is 42.2 Å². The van der Waals surface area contributed by atoms with E-state index in [4.69, 9.17) is 9.47 Å². The minimum absolute atomic E-state index is 0.0119. The molecule has 5 atom stereocenters. The summed E-state index contributed by atoms with van der Waals surface area (Å²) < 4.78 is 53.9. The average molecular weight is 718 g/mol. The highest BCUT2D eigenvalue weighted by Gasteiger charge is 2.56. The predicted octanol–water partition coefficient (Wildman–Crippen LogP) is 3.62. The van der Waals surface area contributed by atoms with Crippen molar-refractivity contribution in [1.82, 2.24) is 25.2 Å². The molecule has 0 bridgehead atoms. The molecule has 2 aliphatic carbocycles. The van der Waals surface area contributed by atoms with E-state index in [1.165, 1.54) is 15.9 Å². The first-order valence-electron chi connectivity index (χ1n) is 17.6. The lowest BCUT2D eigenvalue weighted by atomic mass is 10.0. The van der Waals surface area contributed by atoms with Crippen LogP contribution in [0.4, 0.5) is 14.0 Å². The van der Waals surface area contributed by atoms with E-state index in [1.54, 1.807) is 32.9 Å². The van der Waals surface area contributed by atoms with Crippen LogP contribution in [0.1, 0.15) is 89.7 Å². The second-order valence-corrected chi connectivity index (χ2v) is 17.3. The largest absolute Gasteiger partial charge is 0.444 e. The number of hydrogen-bond acceptors (Lipinski definition) is 8. The molecule has 6 rings (SSSR count). The number of nitrogens with one attached hydrogen (secondary N) is 3. The lowest BCUT2D eigenvalue weighted by Crippen LogP contribution is -2.57. The summed E-state index contributed by atoms with van der Waals surface area (Å²) in [6.45, 7) is 5.28. The second kappa shape index (κ2) is 14.1. The van der Waals surface area contributed by atoms with Crippen molar-refractivity contribution in [1.29, 1.82) is 0 Å². The van der Waals surface area contributed by atoms with Crippen LogP contribution in [0.25, 0.3) is 0 Å². The molecule has 0 aromatic heterocycles. The number of allylic oxidation sites excluding steroid dienone is 1. The molecule has 0 spiro atoms. The van der Waals surface area contributed by atoms with Crippen LogP contribution >= 0.6 is 0 Å². The molecule has 15 heteroatoms. The molecule has 3 N–H and O–H groups in total. The van der Waals surface area contributed by atoms with E-state index < -0.39 is 74.4 Å². The van der Waals surface area contributed by atoms with Gasteiger partial charge in [0.15, 0.2) is 0 Å². The van der Waals surface area contributed by atoms with Gasteiger partial charge in [0.2, 0.25) is 21.8 Å². The molecule has 0 radical (unpaired) electrons. The van der Waals surface area contributed by atoms with Gasteiger partial charge in [-0.05, 0) is 70.9 Å². The minimum Gasteiger partial charge on any atom is -0.444 e. The van der Waals surface area contributed by atoms with E-state index in [9.17, 15) is 32.0 Å². The fourth-order valence-corrected chi connectivity index (χ4v) is 8.54. The van der Waals surface area contributed by atoms with Crippen molar-refractivity contribution in [3.8, 4) is 0 Å². The molecule has 1 aromatic rings. The first-order chi connectivity index (χ1) is 23.6. The van der Waals surface area contributed by atoms with E-state index in [0.29, 0.717) is 43.2 Å². The quantitative estimate of drug-likeness (QED) is 0.376. The number of halogens is 1. The van der Waals surface area contributed by atoms with Crippen LogP contribution in [0, 0.1) is 11.7 Å². The third-order valence-electron chi connectivity index (χ3n) is 10.1. The zero-order valence-electron chi connectivity index (χ0n) is 28.9. The van der Waals surface area contributed by atoms with Gasteiger partial charge >= 0.3 is 12.2 Å². The molecule has 0 unspecified atom stereocenters. The van der Waals surface area contributed by atoms with Crippen molar-refractivity contribution in [2.75, 3.05) is 13.1 Å². The standard InChI is InChI=1S/C35H48FN5O8S/c1-34(2,3)49-32(44)38-28-13-8-6-4-5-7-11-23-17-35(23,21-37-50(46,47)25-14-15-25)39-30(42)29-16-24(19-41(29)31(28)43)48-33(45)40-18-22-10-9-12-27(36)26(22)20-40/h7,9-12,23-25,28-29,37H,4-6,8,13-21H2,1-3H3,(H,38,44)(H,39,42)/b11-7+/t23-,24-,28+,29+,35+/m1/s1. The smallest absolute Gasteiger partial charge is 0.410 e. The fraction of sp³-hybridized carbons (Fsp3) is 0.657. The normalized spacial score (nSPS) is 29.4. The van der Waals surface area contributed by atoms with Crippen LogP contribution in [0.3, 0.4) is 0 Å². The summed E-state index contributed by atoms with van der Waals surface area (Å²) >= 11 is 0. The van der Waals surface area contributed by atoms with E-state index in [1.807, 2.05) is 6.08 Å². The van der Waals surface area contributed by atoms with E-state index in [2.05, 4.69) is 21.4 Å². The van der Waals surface area contributed by atoms with E-state index in [-0.39, 0.29) is 38.5 Å². The van der Waals surface area contributed by atoms with Gasteiger partial charge in [-0.2, -0.15) is 0 Å². The van der Waals surface area contributed by atoms with Crippen molar-refractivity contribution in [3.05, 3.63) is 47.3 Å². The first kappa shape index (κ1) is 36.1. The van der Waals surface area contributed by atoms with Crippen LogP contribution in [0.2, 0.25) is 0 Å². The first-order valence-corrected chi connectivity index (χ1v) is 19.2. The van der Waals surface area contributed by atoms with Crippen molar-refractivity contribution in [2.24, 2.45) is 5.92 Å². The molecule has 1 aromatic carbocycles. The van der Waals surface area contributed by atoms with Crippen LogP contribution < -0.4 is 15.4 Å². The molecule has 4 amide bonds. The third-order valence-corrected chi connectivity index (χ3v) is 12.0. The van der Waals surface area contributed by atoms with E-state index >= 15 is 0 Å². The van der Waals surface area contributed by atoms with Crippen molar-refractivity contribution < 1.29 is 41.5 Å². The second-order valence-electron chi connectivity index (χ2n) is 15.3. The zero-order valence-corrected chi connectivity index (χ0v) is 29.7. The summed E-state index contributed by atoms with van der Waals surface area (Å²) in [5.74, 6) is -1.51. The molecule has 3 heterocycles. The Morgan fingerprint density at radius 1 is 1.10 bits per heavy atom. The monoisotopic (exact) mass is 717 g/mol. The summed E-state index contributed by atoms with van der Waals surface area (Å²) in [5.41, 5.74) is -0.575. The summed E-state index contributed by atoms with van der Waals surface area (Å²) in [6, 6.07) is 2.61. The molecule has 3 fully saturated rings. The Morgan fingerprint density at radius 3 is 2.60 bits per heavy atom. The Bertz CT molecular complexity index is 1640. The molecular weight excluding hydrogens is 669 g/mol. The Hall–Kier alpha value is -3.72. The maximum Gasteiger partial charge on any atom is 0.410 e. The van der Waals surface area contributed by atoms with Gasteiger partial charge in [-0.15, -0.1) is 0 Å². The fourth-order valence-electron chi connectivity index (χ4n) is 7.09. The number of ether oxygens (including phenoxy) is 2. The van der Waals surface area contributed by atoms with Crippen molar-refractivity contribution in [2.45, 2.75) is 126 Å². The zero-order chi connectivity index (χ0) is 35.8. The van der Waals surface area contributed by atoms with Gasteiger partial charge in [0, 0.05) is 31.0 Å². The highest BCUT2D eigenvalue weighted by Crippen LogP contribution is 2.45. The van der Waals surface area contributed by atoms with Gasteiger partial charge in [0.05, 0.1) is 23.9 Å². The molecule has 13 nitrogen and oxygen atoms in total. The Morgan fingerprint density at radius 2 is 1.88 bits per heavy atom. The number of hydrogen-bond donors (Lipinski definition) is 3. The van der Waals surface area contributed by atoms with Gasteiger partial charge in [-0.3, -0.25) is 14.5 Å². The number of sulfonamides is 1. The van der Waals surface area contributed by atoms with Crippen LogP contribution in [-0.4, -0.2) is 89.9 Å². The SMILES string of the molecule is CC(C)(C)OC(=O)N[C@H]1CCCCC/C=C/[C@@H]2C[C@@]2(CNS(=O)(=O)C2CC2)NC(=O)[C@@H]2C[C@@H](OC(=O)N3Cc4cccc(F)c4C3)CN2C1=O. The molecular formula is C35H48FN5O8S. The highest BCUT2D eigenvalue weighted by atomic mass is 32.2. The van der Waals surface area contributed by atoms with Gasteiger partial charge in [0.25, 0.3) is 0 Å². The molecule has 5 aliphatic rings. The number of nitrogens with zero attached hydrogens (tertiary/aromatic N) is 2. The van der Waals surface area contributed by atoms with Gasteiger partial charge in [0.1, 0.15) is 29.6 Å².